The number of hydrogen-bond donors (Lipinski definition) is 1. The third-order valence-electron chi connectivity index (χ3n) is 3.99. The van der Waals surface area contributed by atoms with Gasteiger partial charge >= 0.3 is 0 Å². The first-order valence-corrected chi connectivity index (χ1v) is 7.63. The zero-order valence-electron chi connectivity index (χ0n) is 12.7. The molecule has 0 amide bonds. The van der Waals surface area contributed by atoms with Crippen molar-refractivity contribution < 1.29 is 0 Å². The minimum atomic E-state index is 0. The van der Waals surface area contributed by atoms with Gasteiger partial charge < -0.3 is 10.2 Å². The van der Waals surface area contributed by atoms with E-state index in [1.54, 1.807) is 12.4 Å². The Morgan fingerprint density at radius 1 is 1.00 bits per heavy atom. The highest BCUT2D eigenvalue weighted by atomic mass is 35.5. The fraction of sp³-hybridized carbons (Fsp3) is 0.312. The summed E-state index contributed by atoms with van der Waals surface area (Å²) in [5, 5.41) is 8.23. The number of fused-ring (bicyclic) bond motifs is 1. The molecule has 1 saturated heterocycles. The van der Waals surface area contributed by atoms with Crippen molar-refractivity contribution in [1.29, 1.82) is 0 Å². The minimum absolute atomic E-state index is 0. The molecule has 120 valence electrons. The van der Waals surface area contributed by atoms with Crippen LogP contribution in [0.1, 0.15) is 6.42 Å². The molecule has 0 saturated carbocycles. The molecule has 6 nitrogen and oxygen atoms in total. The van der Waals surface area contributed by atoms with Gasteiger partial charge in [0.15, 0.2) is 5.65 Å². The van der Waals surface area contributed by atoms with Crippen LogP contribution in [-0.2, 0) is 0 Å². The molecule has 0 atom stereocenters. The molecular formula is C16H19ClN6. The number of aromatic nitrogens is 4. The topological polar surface area (TPSA) is 58.4 Å². The zero-order valence-corrected chi connectivity index (χ0v) is 13.5. The fourth-order valence-electron chi connectivity index (χ4n) is 2.83. The molecule has 1 N–H and O–H groups in total. The second-order valence-electron chi connectivity index (χ2n) is 5.43. The smallest absolute Gasteiger partial charge is 0.154 e. The van der Waals surface area contributed by atoms with Crippen LogP contribution in [-0.4, -0.2) is 45.8 Å². The van der Waals surface area contributed by atoms with E-state index in [2.05, 4.69) is 26.3 Å². The lowest BCUT2D eigenvalue weighted by atomic mass is 10.2. The summed E-state index contributed by atoms with van der Waals surface area (Å²) in [4.78, 5) is 10.8. The van der Waals surface area contributed by atoms with Gasteiger partial charge in [0.05, 0.1) is 11.9 Å². The Morgan fingerprint density at radius 2 is 1.87 bits per heavy atom. The summed E-state index contributed by atoms with van der Waals surface area (Å²) in [6, 6.07) is 8.05. The van der Waals surface area contributed by atoms with E-state index < -0.39 is 0 Å². The minimum Gasteiger partial charge on any atom is -0.354 e. The normalized spacial score (nSPS) is 15.2. The SMILES string of the molecule is Cl.c1cc(-c2cnc3ccc(N4CCCNCC4)nn23)ccn1. The van der Waals surface area contributed by atoms with Crippen molar-refractivity contribution in [1.82, 2.24) is 24.9 Å². The molecule has 0 radical (unpaired) electrons. The van der Waals surface area contributed by atoms with Crippen LogP contribution in [0.15, 0.2) is 42.9 Å². The molecule has 0 aromatic carbocycles. The van der Waals surface area contributed by atoms with E-state index in [-0.39, 0.29) is 12.4 Å². The van der Waals surface area contributed by atoms with E-state index in [0.29, 0.717) is 0 Å². The van der Waals surface area contributed by atoms with Gasteiger partial charge in [-0.25, -0.2) is 9.50 Å². The predicted molar refractivity (Wildman–Crippen MR) is 93.2 cm³/mol. The molecule has 3 aromatic heterocycles. The van der Waals surface area contributed by atoms with Crippen LogP contribution in [0, 0.1) is 0 Å². The van der Waals surface area contributed by atoms with E-state index in [9.17, 15) is 0 Å². The van der Waals surface area contributed by atoms with Crippen molar-refractivity contribution in [3.63, 3.8) is 0 Å². The van der Waals surface area contributed by atoms with Crippen molar-refractivity contribution >= 4 is 23.9 Å². The number of pyridine rings is 1. The van der Waals surface area contributed by atoms with Gasteiger partial charge in [-0.2, -0.15) is 0 Å². The van der Waals surface area contributed by atoms with Gasteiger partial charge in [0, 0.05) is 37.6 Å². The number of hydrogen-bond acceptors (Lipinski definition) is 5. The summed E-state index contributed by atoms with van der Waals surface area (Å²) in [5.74, 6) is 1.00. The van der Waals surface area contributed by atoms with Crippen LogP contribution in [0.5, 0.6) is 0 Å². The van der Waals surface area contributed by atoms with Gasteiger partial charge in [0.1, 0.15) is 5.82 Å². The Morgan fingerprint density at radius 3 is 2.74 bits per heavy atom. The number of anilines is 1. The summed E-state index contributed by atoms with van der Waals surface area (Å²) in [5.41, 5.74) is 2.93. The van der Waals surface area contributed by atoms with Crippen LogP contribution < -0.4 is 10.2 Å². The number of halogens is 1. The van der Waals surface area contributed by atoms with Crippen molar-refractivity contribution in [2.45, 2.75) is 6.42 Å². The lowest BCUT2D eigenvalue weighted by Gasteiger charge is -2.20. The Labute approximate surface area is 141 Å². The van der Waals surface area contributed by atoms with E-state index in [4.69, 9.17) is 5.10 Å². The highest BCUT2D eigenvalue weighted by molar-refractivity contribution is 5.85. The van der Waals surface area contributed by atoms with E-state index in [0.717, 1.165) is 55.3 Å². The molecule has 23 heavy (non-hydrogen) atoms. The standard InChI is InChI=1S/C16H18N6.ClH/c1-6-17-9-11-21(10-1)16-3-2-15-19-12-14(22(15)20-16)13-4-7-18-8-5-13;/h2-5,7-8,12,17H,1,6,9-11H2;1H. The van der Waals surface area contributed by atoms with E-state index in [1.807, 2.05) is 28.9 Å². The molecule has 0 aliphatic carbocycles. The van der Waals surface area contributed by atoms with Gasteiger partial charge in [-0.3, -0.25) is 4.98 Å². The molecule has 7 heteroatoms. The van der Waals surface area contributed by atoms with E-state index >= 15 is 0 Å². The largest absolute Gasteiger partial charge is 0.354 e. The molecular weight excluding hydrogens is 312 g/mol. The first-order chi connectivity index (χ1) is 10.9. The summed E-state index contributed by atoms with van der Waals surface area (Å²) < 4.78 is 1.92. The van der Waals surface area contributed by atoms with Gasteiger partial charge in [0.25, 0.3) is 0 Å². The Kier molecular flexibility index (Phi) is 4.73. The quantitative estimate of drug-likeness (QED) is 0.779. The number of nitrogens with one attached hydrogen (secondary N) is 1. The number of imidazole rings is 1. The average Bonchev–Trinajstić information content (AvgIpc) is 2.80. The molecule has 0 spiro atoms. The zero-order chi connectivity index (χ0) is 14.8. The summed E-state index contributed by atoms with van der Waals surface area (Å²) in [6.45, 7) is 4.09. The van der Waals surface area contributed by atoms with Crippen molar-refractivity contribution in [2.24, 2.45) is 0 Å². The second kappa shape index (κ2) is 6.93. The third kappa shape index (κ3) is 3.13. The maximum absolute atomic E-state index is 4.81. The molecule has 1 aliphatic rings. The summed E-state index contributed by atoms with van der Waals surface area (Å²) in [6.07, 6.45) is 6.59. The van der Waals surface area contributed by atoms with Crippen molar-refractivity contribution in [3.05, 3.63) is 42.9 Å². The fourth-order valence-corrected chi connectivity index (χ4v) is 2.83. The highest BCUT2D eigenvalue weighted by Crippen LogP contribution is 2.21. The van der Waals surface area contributed by atoms with Crippen molar-refractivity contribution in [3.8, 4) is 11.3 Å². The van der Waals surface area contributed by atoms with Gasteiger partial charge in [-0.05, 0) is 37.2 Å². The Balaban J connectivity index is 0.00000156. The van der Waals surface area contributed by atoms with Gasteiger partial charge in [-0.15, -0.1) is 17.5 Å². The van der Waals surface area contributed by atoms with Crippen LogP contribution in [0.3, 0.4) is 0 Å². The van der Waals surface area contributed by atoms with Gasteiger partial charge in [-0.1, -0.05) is 0 Å². The van der Waals surface area contributed by atoms with Crippen LogP contribution in [0.4, 0.5) is 5.82 Å². The maximum Gasteiger partial charge on any atom is 0.154 e. The Bertz CT molecular complexity index is 765. The molecule has 4 heterocycles. The molecule has 1 fully saturated rings. The first-order valence-electron chi connectivity index (χ1n) is 7.63. The second-order valence-corrected chi connectivity index (χ2v) is 5.43. The highest BCUT2D eigenvalue weighted by Gasteiger charge is 2.13. The number of rotatable bonds is 2. The third-order valence-corrected chi connectivity index (χ3v) is 3.99. The first kappa shape index (κ1) is 15.7. The summed E-state index contributed by atoms with van der Waals surface area (Å²) >= 11 is 0. The number of nitrogens with zero attached hydrogens (tertiary/aromatic N) is 5. The molecule has 0 bridgehead atoms. The van der Waals surface area contributed by atoms with Crippen LogP contribution in [0.25, 0.3) is 16.9 Å². The average molecular weight is 331 g/mol. The van der Waals surface area contributed by atoms with Crippen LogP contribution in [0.2, 0.25) is 0 Å². The molecule has 0 unspecified atom stereocenters. The van der Waals surface area contributed by atoms with Crippen molar-refractivity contribution in [2.75, 3.05) is 31.1 Å². The molecule has 3 aromatic rings. The molecule has 4 rings (SSSR count). The summed E-state index contributed by atoms with van der Waals surface area (Å²) in [7, 11) is 0. The van der Waals surface area contributed by atoms with Crippen LogP contribution >= 0.6 is 12.4 Å². The van der Waals surface area contributed by atoms with E-state index in [1.165, 1.54) is 0 Å². The monoisotopic (exact) mass is 330 g/mol. The molecule has 1 aliphatic heterocycles. The lowest BCUT2D eigenvalue weighted by Crippen LogP contribution is -2.29. The Hall–Kier alpha value is -2.18. The lowest BCUT2D eigenvalue weighted by molar-refractivity contribution is 0.724. The maximum atomic E-state index is 4.81. The predicted octanol–water partition coefficient (Wildman–Crippen LogP) is 2.01. The van der Waals surface area contributed by atoms with Gasteiger partial charge in [0.2, 0.25) is 0 Å².